The van der Waals surface area contributed by atoms with Crippen LogP contribution < -0.4 is 15.5 Å². The van der Waals surface area contributed by atoms with E-state index in [9.17, 15) is 18.0 Å². The van der Waals surface area contributed by atoms with Gasteiger partial charge in [0.1, 0.15) is 11.4 Å². The van der Waals surface area contributed by atoms with Crippen molar-refractivity contribution in [1.29, 1.82) is 0 Å². The molecule has 0 unspecified atom stereocenters. The largest absolute Gasteiger partial charge is 0.421 e. The van der Waals surface area contributed by atoms with Crippen LogP contribution in [0.1, 0.15) is 36.8 Å². The van der Waals surface area contributed by atoms with Crippen LogP contribution >= 0.6 is 0 Å². The molecule has 2 fully saturated rings. The number of likely N-dealkylation sites (tertiary alicyclic amines) is 1. The number of piperazine rings is 1. The summed E-state index contributed by atoms with van der Waals surface area (Å²) >= 11 is 0. The molecule has 8 nitrogen and oxygen atoms in total. The molecule has 1 amide bonds. The summed E-state index contributed by atoms with van der Waals surface area (Å²) in [5.41, 5.74) is 1.90. The maximum Gasteiger partial charge on any atom is 0.421 e. The maximum absolute atomic E-state index is 13.6. The van der Waals surface area contributed by atoms with Gasteiger partial charge in [0, 0.05) is 69.8 Å². The van der Waals surface area contributed by atoms with Crippen molar-refractivity contribution in [1.82, 2.24) is 19.8 Å². The summed E-state index contributed by atoms with van der Waals surface area (Å²) < 4.78 is 40.7. The summed E-state index contributed by atoms with van der Waals surface area (Å²) in [4.78, 5) is 26.4. The highest BCUT2D eigenvalue weighted by atomic mass is 19.4. The lowest BCUT2D eigenvalue weighted by atomic mass is 10.1. The SMILES string of the molecule is Cc1cc(N2CCN(C)CC2)ccc1Nc1ncc(C(F)(F)F)c(NCCCN2CCCCC2=O)n1. The molecule has 0 radical (unpaired) electrons. The van der Waals surface area contributed by atoms with E-state index < -0.39 is 11.7 Å². The molecule has 0 spiro atoms. The number of carbonyl (C=O) groups excluding carboxylic acids is 1. The lowest BCUT2D eigenvalue weighted by molar-refractivity contribution is -0.137. The van der Waals surface area contributed by atoms with Crippen molar-refractivity contribution in [3.05, 3.63) is 35.5 Å². The topological polar surface area (TPSA) is 76.6 Å². The van der Waals surface area contributed by atoms with Gasteiger partial charge in [-0.2, -0.15) is 18.2 Å². The third-order valence-corrected chi connectivity index (χ3v) is 6.74. The molecule has 0 aliphatic carbocycles. The number of alkyl halides is 3. The van der Waals surface area contributed by atoms with Crippen molar-refractivity contribution in [2.75, 3.05) is 68.4 Å². The van der Waals surface area contributed by atoms with Crippen molar-refractivity contribution >= 4 is 29.0 Å². The number of nitrogens with zero attached hydrogens (tertiary/aromatic N) is 5. The molecule has 1 aromatic heterocycles. The molecule has 36 heavy (non-hydrogen) atoms. The van der Waals surface area contributed by atoms with Crippen molar-refractivity contribution in [3.8, 4) is 0 Å². The van der Waals surface area contributed by atoms with Gasteiger partial charge < -0.3 is 25.3 Å². The number of amides is 1. The molecular formula is C25H34F3N7O. The second-order valence-corrected chi connectivity index (χ2v) is 9.49. The Hall–Kier alpha value is -3.08. The average Bonchev–Trinajstić information content (AvgIpc) is 2.84. The number of aromatic nitrogens is 2. The number of hydrogen-bond acceptors (Lipinski definition) is 7. The van der Waals surface area contributed by atoms with E-state index in [2.05, 4.69) is 43.5 Å². The summed E-state index contributed by atoms with van der Waals surface area (Å²) in [5, 5.41) is 5.88. The monoisotopic (exact) mass is 505 g/mol. The van der Waals surface area contributed by atoms with Gasteiger partial charge >= 0.3 is 6.18 Å². The number of carbonyl (C=O) groups is 1. The second-order valence-electron chi connectivity index (χ2n) is 9.49. The molecule has 4 rings (SSSR count). The number of aryl methyl sites for hydroxylation is 1. The molecule has 2 aromatic rings. The lowest BCUT2D eigenvalue weighted by Crippen LogP contribution is -2.44. The molecule has 2 saturated heterocycles. The van der Waals surface area contributed by atoms with Crippen molar-refractivity contribution < 1.29 is 18.0 Å². The number of anilines is 4. The second kappa shape index (κ2) is 11.3. The molecule has 11 heteroatoms. The van der Waals surface area contributed by atoms with Gasteiger partial charge in [-0.3, -0.25) is 4.79 Å². The Labute approximate surface area is 209 Å². The zero-order valence-corrected chi connectivity index (χ0v) is 20.9. The normalized spacial score (nSPS) is 17.4. The summed E-state index contributed by atoms with van der Waals surface area (Å²) in [6, 6.07) is 5.98. The summed E-state index contributed by atoms with van der Waals surface area (Å²) in [6.07, 6.45) is -0.833. The van der Waals surface area contributed by atoms with Gasteiger partial charge in [-0.1, -0.05) is 0 Å². The van der Waals surface area contributed by atoms with Gasteiger partial charge in [0.05, 0.1) is 0 Å². The first-order valence-electron chi connectivity index (χ1n) is 12.5. The molecule has 0 atom stereocenters. The third-order valence-electron chi connectivity index (χ3n) is 6.74. The Kier molecular flexibility index (Phi) is 8.17. The van der Waals surface area contributed by atoms with Gasteiger partial charge in [0.2, 0.25) is 11.9 Å². The lowest BCUT2D eigenvalue weighted by Gasteiger charge is -2.34. The fourth-order valence-corrected chi connectivity index (χ4v) is 4.53. The van der Waals surface area contributed by atoms with Crippen molar-refractivity contribution in [3.63, 3.8) is 0 Å². The van der Waals surface area contributed by atoms with E-state index in [4.69, 9.17) is 0 Å². The van der Waals surface area contributed by atoms with E-state index in [0.29, 0.717) is 25.9 Å². The summed E-state index contributed by atoms with van der Waals surface area (Å²) in [5.74, 6) is -0.0661. The highest BCUT2D eigenvalue weighted by Crippen LogP contribution is 2.34. The van der Waals surface area contributed by atoms with E-state index in [1.165, 1.54) is 0 Å². The Morgan fingerprint density at radius 2 is 1.86 bits per heavy atom. The standard InChI is InChI=1S/C25H34F3N7O/c1-18-16-19(34-14-12-33(2)13-15-34)7-8-21(18)31-24-30-17-20(25(26,27)28)23(32-24)29-9-5-11-35-10-4-3-6-22(35)36/h7-8,16-17H,3-6,9-15H2,1-2H3,(H2,29,30,31,32). The third kappa shape index (κ3) is 6.57. The first kappa shape index (κ1) is 26.0. The highest BCUT2D eigenvalue weighted by Gasteiger charge is 2.35. The minimum atomic E-state index is -4.58. The first-order chi connectivity index (χ1) is 17.2. The average molecular weight is 506 g/mol. The van der Waals surface area contributed by atoms with Crippen LogP contribution in [-0.4, -0.2) is 78.5 Å². The predicted molar refractivity (Wildman–Crippen MR) is 135 cm³/mol. The fraction of sp³-hybridized carbons (Fsp3) is 0.560. The minimum absolute atomic E-state index is 0.0900. The molecule has 2 N–H and O–H groups in total. The maximum atomic E-state index is 13.6. The highest BCUT2D eigenvalue weighted by molar-refractivity contribution is 5.76. The van der Waals surface area contributed by atoms with Gasteiger partial charge in [0.15, 0.2) is 0 Å². The van der Waals surface area contributed by atoms with Crippen LogP contribution in [0.25, 0.3) is 0 Å². The van der Waals surface area contributed by atoms with Gasteiger partial charge in [-0.15, -0.1) is 0 Å². The van der Waals surface area contributed by atoms with E-state index in [1.807, 2.05) is 19.1 Å². The van der Waals surface area contributed by atoms with E-state index in [1.54, 1.807) is 4.90 Å². The molecule has 196 valence electrons. The van der Waals surface area contributed by atoms with Gasteiger partial charge in [-0.25, -0.2) is 4.98 Å². The first-order valence-corrected chi connectivity index (χ1v) is 12.5. The number of benzene rings is 1. The molecular weight excluding hydrogens is 471 g/mol. The molecule has 1 aromatic carbocycles. The van der Waals surface area contributed by atoms with Crippen LogP contribution in [0.15, 0.2) is 24.4 Å². The van der Waals surface area contributed by atoms with Crippen LogP contribution in [0, 0.1) is 6.92 Å². The zero-order valence-electron chi connectivity index (χ0n) is 20.9. The summed E-state index contributed by atoms with van der Waals surface area (Å²) in [6.45, 7) is 7.35. The summed E-state index contributed by atoms with van der Waals surface area (Å²) in [7, 11) is 2.11. The molecule has 0 saturated carbocycles. The van der Waals surface area contributed by atoms with Crippen LogP contribution in [0.3, 0.4) is 0 Å². The number of rotatable bonds is 8. The Morgan fingerprint density at radius 1 is 1.08 bits per heavy atom. The molecule has 3 heterocycles. The predicted octanol–water partition coefficient (Wildman–Crippen LogP) is 4.11. The Morgan fingerprint density at radius 3 is 2.56 bits per heavy atom. The fourth-order valence-electron chi connectivity index (χ4n) is 4.53. The number of nitrogens with one attached hydrogen (secondary N) is 2. The minimum Gasteiger partial charge on any atom is -0.369 e. The number of likely N-dealkylation sites (N-methyl/N-ethyl adjacent to an activating group) is 1. The van der Waals surface area contributed by atoms with Crippen LogP contribution in [-0.2, 0) is 11.0 Å². The zero-order chi connectivity index (χ0) is 25.7. The van der Waals surface area contributed by atoms with E-state index >= 15 is 0 Å². The van der Waals surface area contributed by atoms with Gasteiger partial charge in [0.25, 0.3) is 0 Å². The van der Waals surface area contributed by atoms with Crippen LogP contribution in [0.4, 0.5) is 36.3 Å². The van der Waals surface area contributed by atoms with Crippen LogP contribution in [0.2, 0.25) is 0 Å². The number of hydrogen-bond donors (Lipinski definition) is 2. The number of piperidine rings is 1. The molecule has 2 aliphatic rings. The van der Waals surface area contributed by atoms with Gasteiger partial charge in [-0.05, 0) is 57.0 Å². The number of halogens is 3. The van der Waals surface area contributed by atoms with E-state index in [0.717, 1.165) is 62.2 Å². The molecule has 0 bridgehead atoms. The van der Waals surface area contributed by atoms with E-state index in [-0.39, 0.29) is 24.2 Å². The quantitative estimate of drug-likeness (QED) is 0.523. The Balaban J connectivity index is 1.42. The van der Waals surface area contributed by atoms with Crippen molar-refractivity contribution in [2.24, 2.45) is 0 Å². The Bertz CT molecular complexity index is 1050. The smallest absolute Gasteiger partial charge is 0.369 e. The van der Waals surface area contributed by atoms with Crippen molar-refractivity contribution in [2.45, 2.75) is 38.8 Å². The molecule has 2 aliphatic heterocycles. The van der Waals surface area contributed by atoms with Crippen LogP contribution in [0.5, 0.6) is 0 Å².